The molecule has 0 amide bonds. The molecule has 0 aromatic heterocycles. The van der Waals surface area contributed by atoms with Gasteiger partial charge in [-0.2, -0.15) is 0 Å². The summed E-state index contributed by atoms with van der Waals surface area (Å²) in [6, 6.07) is 9.13. The molecule has 0 aliphatic heterocycles. The fourth-order valence-electron chi connectivity index (χ4n) is 1.53. The molecule has 102 valence electrons. The van der Waals surface area contributed by atoms with E-state index in [1.807, 2.05) is 0 Å². The zero-order valence-electron chi connectivity index (χ0n) is 12.4. The molecule has 0 saturated carbocycles. The third-order valence-corrected chi connectivity index (χ3v) is 3.19. The van der Waals surface area contributed by atoms with Crippen LogP contribution in [0.15, 0.2) is 24.3 Å². The molecular formula is C16H27NO. The van der Waals surface area contributed by atoms with Crippen LogP contribution in [-0.2, 0) is 17.9 Å². The van der Waals surface area contributed by atoms with Gasteiger partial charge in [-0.3, -0.25) is 0 Å². The fraction of sp³-hybridized carbons (Fsp3) is 0.625. The lowest BCUT2D eigenvalue weighted by atomic mass is 10.1. The monoisotopic (exact) mass is 249 g/mol. The molecule has 0 heterocycles. The van der Waals surface area contributed by atoms with Gasteiger partial charge in [-0.05, 0) is 31.4 Å². The smallest absolute Gasteiger partial charge is 0.0724 e. The van der Waals surface area contributed by atoms with Crippen molar-refractivity contribution < 1.29 is 4.74 Å². The molecule has 0 spiro atoms. The molecule has 18 heavy (non-hydrogen) atoms. The van der Waals surface area contributed by atoms with Gasteiger partial charge >= 0.3 is 0 Å². The quantitative estimate of drug-likeness (QED) is 0.791. The molecular weight excluding hydrogens is 222 g/mol. The summed E-state index contributed by atoms with van der Waals surface area (Å²) in [5.41, 5.74) is 2.53. The number of hydrogen-bond donors (Lipinski definition) is 1. The van der Waals surface area contributed by atoms with Crippen LogP contribution in [0.1, 0.15) is 52.2 Å². The van der Waals surface area contributed by atoms with E-state index in [9.17, 15) is 0 Å². The van der Waals surface area contributed by atoms with Crippen molar-refractivity contribution in [2.45, 2.75) is 65.8 Å². The van der Waals surface area contributed by atoms with Crippen molar-refractivity contribution in [3.05, 3.63) is 35.4 Å². The predicted molar refractivity (Wildman–Crippen MR) is 77.6 cm³/mol. The number of hydrogen-bond acceptors (Lipinski definition) is 2. The topological polar surface area (TPSA) is 21.3 Å². The van der Waals surface area contributed by atoms with E-state index in [0.29, 0.717) is 12.6 Å². The number of ether oxygens (including phenoxy) is 1. The van der Waals surface area contributed by atoms with E-state index in [4.69, 9.17) is 4.74 Å². The number of benzene rings is 1. The Bertz CT molecular complexity index is 358. The maximum absolute atomic E-state index is 5.92. The zero-order valence-corrected chi connectivity index (χ0v) is 12.4. The lowest BCUT2D eigenvalue weighted by Gasteiger charge is -2.23. The van der Waals surface area contributed by atoms with E-state index >= 15 is 0 Å². The van der Waals surface area contributed by atoms with Gasteiger partial charge in [-0.15, -0.1) is 0 Å². The van der Waals surface area contributed by atoms with Crippen molar-refractivity contribution >= 4 is 0 Å². The molecule has 0 unspecified atom stereocenters. The lowest BCUT2D eigenvalue weighted by molar-refractivity contribution is -0.0316. The van der Waals surface area contributed by atoms with Crippen LogP contribution in [0.25, 0.3) is 0 Å². The molecule has 0 bridgehead atoms. The predicted octanol–water partition coefficient (Wildman–Crippen LogP) is 3.89. The SMILES string of the molecule is CCC(C)(C)OCc1cccc(CNC(C)C)c1. The maximum Gasteiger partial charge on any atom is 0.0724 e. The summed E-state index contributed by atoms with van der Waals surface area (Å²) in [7, 11) is 0. The van der Waals surface area contributed by atoms with Crippen LogP contribution in [0.2, 0.25) is 0 Å². The summed E-state index contributed by atoms with van der Waals surface area (Å²) in [6.45, 7) is 12.4. The van der Waals surface area contributed by atoms with E-state index in [-0.39, 0.29) is 5.60 Å². The van der Waals surface area contributed by atoms with Crippen LogP contribution >= 0.6 is 0 Å². The second-order valence-electron chi connectivity index (χ2n) is 5.76. The Morgan fingerprint density at radius 2 is 1.89 bits per heavy atom. The highest BCUT2D eigenvalue weighted by atomic mass is 16.5. The molecule has 1 aromatic rings. The molecule has 0 aliphatic carbocycles. The molecule has 1 N–H and O–H groups in total. The lowest BCUT2D eigenvalue weighted by Crippen LogP contribution is -2.23. The average molecular weight is 249 g/mol. The number of nitrogens with one attached hydrogen (secondary N) is 1. The summed E-state index contributed by atoms with van der Waals surface area (Å²) in [4.78, 5) is 0. The largest absolute Gasteiger partial charge is 0.371 e. The van der Waals surface area contributed by atoms with E-state index in [1.54, 1.807) is 0 Å². The van der Waals surface area contributed by atoms with Gasteiger partial charge in [0, 0.05) is 12.6 Å². The Morgan fingerprint density at radius 3 is 2.50 bits per heavy atom. The van der Waals surface area contributed by atoms with Crippen molar-refractivity contribution in [3.8, 4) is 0 Å². The third-order valence-electron chi connectivity index (χ3n) is 3.19. The van der Waals surface area contributed by atoms with E-state index in [0.717, 1.165) is 13.0 Å². The van der Waals surface area contributed by atoms with Crippen LogP contribution in [0.5, 0.6) is 0 Å². The molecule has 0 aliphatic rings. The Labute approximate surface area is 112 Å². The van der Waals surface area contributed by atoms with Crippen molar-refractivity contribution in [3.63, 3.8) is 0 Å². The number of rotatable bonds is 7. The van der Waals surface area contributed by atoms with E-state index in [2.05, 4.69) is 64.2 Å². The normalized spacial score (nSPS) is 12.1. The van der Waals surface area contributed by atoms with Crippen molar-refractivity contribution in [2.24, 2.45) is 0 Å². The molecule has 0 radical (unpaired) electrons. The first-order valence-electron chi connectivity index (χ1n) is 6.88. The standard InChI is InChI=1S/C16H27NO/c1-6-16(4,5)18-12-15-9-7-8-14(10-15)11-17-13(2)3/h7-10,13,17H,6,11-12H2,1-5H3. The summed E-state index contributed by atoms with van der Waals surface area (Å²) in [5, 5.41) is 3.43. The van der Waals surface area contributed by atoms with Crippen LogP contribution in [0, 0.1) is 0 Å². The van der Waals surface area contributed by atoms with Gasteiger partial charge in [0.05, 0.1) is 12.2 Å². The second kappa shape index (κ2) is 6.91. The van der Waals surface area contributed by atoms with Gasteiger partial charge in [0.25, 0.3) is 0 Å². The minimum Gasteiger partial charge on any atom is -0.371 e. The maximum atomic E-state index is 5.92. The van der Waals surface area contributed by atoms with Crippen LogP contribution in [-0.4, -0.2) is 11.6 Å². The van der Waals surface area contributed by atoms with Gasteiger partial charge in [-0.25, -0.2) is 0 Å². The first-order chi connectivity index (χ1) is 8.43. The van der Waals surface area contributed by atoms with E-state index < -0.39 is 0 Å². The van der Waals surface area contributed by atoms with E-state index in [1.165, 1.54) is 11.1 Å². The van der Waals surface area contributed by atoms with Crippen LogP contribution in [0.3, 0.4) is 0 Å². The molecule has 0 fully saturated rings. The molecule has 2 heteroatoms. The minimum absolute atomic E-state index is 0.0355. The summed E-state index contributed by atoms with van der Waals surface area (Å²) in [6.07, 6.45) is 1.03. The third kappa shape index (κ3) is 5.65. The Balaban J connectivity index is 2.54. The molecule has 1 aromatic carbocycles. The Morgan fingerprint density at radius 1 is 1.22 bits per heavy atom. The Kier molecular flexibility index (Phi) is 5.83. The minimum atomic E-state index is -0.0355. The Hall–Kier alpha value is -0.860. The second-order valence-corrected chi connectivity index (χ2v) is 5.76. The average Bonchev–Trinajstić information content (AvgIpc) is 2.35. The fourth-order valence-corrected chi connectivity index (χ4v) is 1.53. The van der Waals surface area contributed by atoms with Gasteiger partial charge in [0.15, 0.2) is 0 Å². The summed E-state index contributed by atoms with van der Waals surface area (Å²) in [5.74, 6) is 0. The molecule has 0 atom stereocenters. The van der Waals surface area contributed by atoms with Gasteiger partial charge in [0.2, 0.25) is 0 Å². The van der Waals surface area contributed by atoms with Crippen molar-refractivity contribution in [1.82, 2.24) is 5.32 Å². The highest BCUT2D eigenvalue weighted by Gasteiger charge is 2.15. The van der Waals surface area contributed by atoms with Crippen molar-refractivity contribution in [1.29, 1.82) is 0 Å². The summed E-state index contributed by atoms with van der Waals surface area (Å²) >= 11 is 0. The highest BCUT2D eigenvalue weighted by molar-refractivity contribution is 5.23. The molecule has 1 rings (SSSR count). The highest BCUT2D eigenvalue weighted by Crippen LogP contribution is 2.17. The first kappa shape index (κ1) is 15.2. The zero-order chi connectivity index (χ0) is 13.6. The van der Waals surface area contributed by atoms with Gasteiger partial charge in [0.1, 0.15) is 0 Å². The molecule has 2 nitrogen and oxygen atoms in total. The first-order valence-corrected chi connectivity index (χ1v) is 6.88. The van der Waals surface area contributed by atoms with Crippen molar-refractivity contribution in [2.75, 3.05) is 0 Å². The summed E-state index contributed by atoms with van der Waals surface area (Å²) < 4.78 is 5.92. The van der Waals surface area contributed by atoms with Gasteiger partial charge < -0.3 is 10.1 Å². The van der Waals surface area contributed by atoms with Crippen LogP contribution in [0.4, 0.5) is 0 Å². The van der Waals surface area contributed by atoms with Gasteiger partial charge in [-0.1, -0.05) is 45.0 Å². The van der Waals surface area contributed by atoms with Crippen LogP contribution < -0.4 is 5.32 Å². The molecule has 0 saturated heterocycles.